The molecule has 0 aliphatic carbocycles. The van der Waals surface area contributed by atoms with Crippen LogP contribution in [0, 0.1) is 5.92 Å². The highest BCUT2D eigenvalue weighted by atomic mass is 16.5. The molecule has 0 saturated carbocycles. The van der Waals surface area contributed by atoms with Crippen LogP contribution in [-0.2, 0) is 9.59 Å². The van der Waals surface area contributed by atoms with Crippen molar-refractivity contribution in [3.05, 3.63) is 78.4 Å². The third-order valence-corrected chi connectivity index (χ3v) is 5.99. The summed E-state index contributed by atoms with van der Waals surface area (Å²) in [5.41, 5.74) is 1.41. The first-order valence-corrected chi connectivity index (χ1v) is 11.0. The Balaban J connectivity index is 1.74. The van der Waals surface area contributed by atoms with Crippen LogP contribution in [0.5, 0.6) is 23.0 Å². The van der Waals surface area contributed by atoms with Gasteiger partial charge in [-0.1, -0.05) is 18.2 Å². The molecule has 1 aliphatic heterocycles. The lowest BCUT2D eigenvalue weighted by molar-refractivity contribution is -0.141. The highest BCUT2D eigenvalue weighted by molar-refractivity contribution is 5.97. The third kappa shape index (κ3) is 4.69. The van der Waals surface area contributed by atoms with Crippen molar-refractivity contribution >= 4 is 17.6 Å². The lowest BCUT2D eigenvalue weighted by Crippen LogP contribution is -2.46. The van der Waals surface area contributed by atoms with E-state index in [1.54, 1.807) is 62.6 Å². The normalized spacial score (nSPS) is 17.7. The van der Waals surface area contributed by atoms with Crippen molar-refractivity contribution in [1.82, 2.24) is 0 Å². The zero-order valence-corrected chi connectivity index (χ0v) is 19.4. The van der Waals surface area contributed by atoms with Crippen LogP contribution >= 0.6 is 0 Å². The largest absolute Gasteiger partial charge is 0.497 e. The van der Waals surface area contributed by atoms with Crippen LogP contribution in [0.25, 0.3) is 0 Å². The number of benzene rings is 3. The SMILES string of the molecule is COc1ccc(OC(=O)C2CCC(=O)N(c3ccc(OC)cc3)C2c2ccccc2OC)cc1. The number of amides is 1. The zero-order valence-electron chi connectivity index (χ0n) is 19.4. The van der Waals surface area contributed by atoms with Crippen molar-refractivity contribution < 1.29 is 28.5 Å². The molecule has 1 amide bonds. The number of hydrogen-bond acceptors (Lipinski definition) is 6. The zero-order chi connectivity index (χ0) is 24.1. The van der Waals surface area contributed by atoms with E-state index < -0.39 is 17.9 Å². The van der Waals surface area contributed by atoms with E-state index in [2.05, 4.69) is 0 Å². The van der Waals surface area contributed by atoms with Crippen LogP contribution in [0.3, 0.4) is 0 Å². The maximum absolute atomic E-state index is 13.4. The number of hydrogen-bond donors (Lipinski definition) is 0. The molecule has 7 heteroatoms. The van der Waals surface area contributed by atoms with Gasteiger partial charge in [0.15, 0.2) is 0 Å². The molecule has 34 heavy (non-hydrogen) atoms. The summed E-state index contributed by atoms with van der Waals surface area (Å²) in [6, 6.07) is 20.9. The summed E-state index contributed by atoms with van der Waals surface area (Å²) >= 11 is 0. The van der Waals surface area contributed by atoms with Crippen molar-refractivity contribution in [2.24, 2.45) is 5.92 Å². The Kier molecular flexibility index (Phi) is 7.01. The van der Waals surface area contributed by atoms with E-state index >= 15 is 0 Å². The molecule has 0 aromatic heterocycles. The molecule has 0 radical (unpaired) electrons. The molecule has 1 fully saturated rings. The topological polar surface area (TPSA) is 74.3 Å². The average Bonchev–Trinajstić information content (AvgIpc) is 2.89. The van der Waals surface area contributed by atoms with E-state index in [1.165, 1.54) is 0 Å². The second-order valence-corrected chi connectivity index (χ2v) is 7.89. The van der Waals surface area contributed by atoms with Crippen molar-refractivity contribution in [2.75, 3.05) is 26.2 Å². The Morgan fingerprint density at radius 1 is 0.794 bits per heavy atom. The Morgan fingerprint density at radius 2 is 1.38 bits per heavy atom. The van der Waals surface area contributed by atoms with Gasteiger partial charge < -0.3 is 23.8 Å². The van der Waals surface area contributed by atoms with Crippen molar-refractivity contribution in [2.45, 2.75) is 18.9 Å². The number of rotatable bonds is 7. The van der Waals surface area contributed by atoms with Gasteiger partial charge in [0.25, 0.3) is 0 Å². The van der Waals surface area contributed by atoms with Gasteiger partial charge in [-0.3, -0.25) is 9.59 Å². The highest BCUT2D eigenvalue weighted by Gasteiger charge is 2.43. The van der Waals surface area contributed by atoms with Crippen molar-refractivity contribution in [3.8, 4) is 23.0 Å². The van der Waals surface area contributed by atoms with E-state index in [9.17, 15) is 9.59 Å². The first-order chi connectivity index (χ1) is 16.5. The second-order valence-electron chi connectivity index (χ2n) is 7.89. The summed E-state index contributed by atoms with van der Waals surface area (Å²) in [7, 11) is 4.74. The summed E-state index contributed by atoms with van der Waals surface area (Å²) in [5.74, 6) is 1.28. The summed E-state index contributed by atoms with van der Waals surface area (Å²) in [5, 5.41) is 0. The fraction of sp³-hybridized carbons (Fsp3) is 0.259. The van der Waals surface area contributed by atoms with Crippen LogP contribution in [-0.4, -0.2) is 33.2 Å². The molecule has 1 aliphatic rings. The van der Waals surface area contributed by atoms with E-state index in [1.807, 2.05) is 36.4 Å². The van der Waals surface area contributed by atoms with Crippen LogP contribution in [0.15, 0.2) is 72.8 Å². The van der Waals surface area contributed by atoms with Gasteiger partial charge in [0, 0.05) is 17.7 Å². The molecule has 0 spiro atoms. The van der Waals surface area contributed by atoms with Gasteiger partial charge in [-0.25, -0.2) is 0 Å². The van der Waals surface area contributed by atoms with Gasteiger partial charge >= 0.3 is 5.97 Å². The molecule has 2 unspecified atom stereocenters. The van der Waals surface area contributed by atoms with Crippen LogP contribution < -0.4 is 23.8 Å². The molecule has 2 atom stereocenters. The average molecular weight is 462 g/mol. The van der Waals surface area contributed by atoms with Gasteiger partial charge in [-0.05, 0) is 61.0 Å². The molecule has 4 rings (SSSR count). The highest BCUT2D eigenvalue weighted by Crippen LogP contribution is 2.43. The monoisotopic (exact) mass is 461 g/mol. The minimum Gasteiger partial charge on any atom is -0.497 e. The van der Waals surface area contributed by atoms with Gasteiger partial charge in [0.2, 0.25) is 5.91 Å². The van der Waals surface area contributed by atoms with Crippen LogP contribution in [0.4, 0.5) is 5.69 Å². The summed E-state index contributed by atoms with van der Waals surface area (Å²) in [6.45, 7) is 0. The number of nitrogens with zero attached hydrogens (tertiary/aromatic N) is 1. The van der Waals surface area contributed by atoms with Gasteiger partial charge in [0.1, 0.15) is 23.0 Å². The molecule has 3 aromatic carbocycles. The third-order valence-electron chi connectivity index (χ3n) is 5.99. The lowest BCUT2D eigenvalue weighted by atomic mass is 9.83. The number of anilines is 1. The first kappa shape index (κ1) is 23.2. The molecular formula is C27H27NO6. The molecule has 0 N–H and O–H groups in total. The first-order valence-electron chi connectivity index (χ1n) is 11.0. The molecule has 176 valence electrons. The quantitative estimate of drug-likeness (QED) is 0.372. The second kappa shape index (κ2) is 10.3. The molecule has 1 saturated heterocycles. The smallest absolute Gasteiger partial charge is 0.316 e. The minimum atomic E-state index is -0.600. The van der Waals surface area contributed by atoms with Gasteiger partial charge in [-0.15, -0.1) is 0 Å². The van der Waals surface area contributed by atoms with Crippen molar-refractivity contribution in [1.29, 1.82) is 0 Å². The Morgan fingerprint density at radius 3 is 2.00 bits per heavy atom. The molecule has 0 bridgehead atoms. The van der Waals surface area contributed by atoms with E-state index in [4.69, 9.17) is 18.9 Å². The number of para-hydroxylation sites is 1. The maximum atomic E-state index is 13.4. The summed E-state index contributed by atoms with van der Waals surface area (Å²) < 4.78 is 21.8. The molecular weight excluding hydrogens is 434 g/mol. The molecule has 1 heterocycles. The number of ether oxygens (including phenoxy) is 4. The predicted octanol–water partition coefficient (Wildman–Crippen LogP) is 4.80. The predicted molar refractivity (Wildman–Crippen MR) is 128 cm³/mol. The van der Waals surface area contributed by atoms with Gasteiger partial charge in [-0.2, -0.15) is 0 Å². The number of methoxy groups -OCH3 is 3. The van der Waals surface area contributed by atoms with Crippen LogP contribution in [0.2, 0.25) is 0 Å². The number of piperidine rings is 1. The minimum absolute atomic E-state index is 0.0745. The Labute approximate surface area is 198 Å². The van der Waals surface area contributed by atoms with Gasteiger partial charge in [0.05, 0.1) is 33.3 Å². The lowest BCUT2D eigenvalue weighted by Gasteiger charge is -2.40. The Bertz CT molecular complexity index is 1140. The fourth-order valence-corrected chi connectivity index (χ4v) is 4.29. The number of carbonyl (C=O) groups excluding carboxylic acids is 2. The van der Waals surface area contributed by atoms with E-state index in [-0.39, 0.29) is 12.3 Å². The molecule has 3 aromatic rings. The van der Waals surface area contributed by atoms with Crippen molar-refractivity contribution in [3.63, 3.8) is 0 Å². The maximum Gasteiger partial charge on any atom is 0.316 e. The summed E-state index contributed by atoms with van der Waals surface area (Å²) in [6.07, 6.45) is 0.587. The number of carbonyl (C=O) groups is 2. The van der Waals surface area contributed by atoms with E-state index in [0.717, 1.165) is 5.56 Å². The van der Waals surface area contributed by atoms with Crippen LogP contribution in [0.1, 0.15) is 24.4 Å². The number of esters is 1. The molecule has 7 nitrogen and oxygen atoms in total. The van der Waals surface area contributed by atoms with E-state index in [0.29, 0.717) is 35.1 Å². The standard InChI is InChI=1S/C27H27NO6/c1-31-19-10-8-18(9-11-19)28-25(29)17-16-23(26(28)22-6-4-5-7-24(22)33-3)27(30)34-21-14-12-20(32-2)13-15-21/h4-15,23,26H,16-17H2,1-3H3. The fourth-order valence-electron chi connectivity index (χ4n) is 4.29. The summed E-state index contributed by atoms with van der Waals surface area (Å²) in [4.78, 5) is 28.3. The Hall–Kier alpha value is -4.00.